The molecule has 0 spiro atoms. The van der Waals surface area contributed by atoms with Crippen molar-refractivity contribution in [2.75, 3.05) is 6.61 Å². The lowest BCUT2D eigenvalue weighted by molar-refractivity contribution is 0.295. The van der Waals surface area contributed by atoms with Crippen molar-refractivity contribution in [1.29, 1.82) is 5.41 Å². The lowest BCUT2D eigenvalue weighted by Gasteiger charge is -2.04. The number of rotatable bonds is 6. The quantitative estimate of drug-likeness (QED) is 0.425. The van der Waals surface area contributed by atoms with Gasteiger partial charge in [-0.25, -0.2) is 4.98 Å². The number of nitrogen functional groups attached to an aromatic ring is 1. The van der Waals surface area contributed by atoms with Gasteiger partial charge in [0.05, 0.1) is 6.61 Å². The van der Waals surface area contributed by atoms with Crippen LogP contribution in [-0.4, -0.2) is 17.4 Å². The molecule has 0 aliphatic carbocycles. The van der Waals surface area contributed by atoms with E-state index in [0.717, 1.165) is 6.42 Å². The summed E-state index contributed by atoms with van der Waals surface area (Å²) in [4.78, 5) is 4.05. The van der Waals surface area contributed by atoms with Crippen LogP contribution in [0.2, 0.25) is 0 Å². The van der Waals surface area contributed by atoms with Crippen LogP contribution in [0.5, 0.6) is 5.88 Å². The van der Waals surface area contributed by atoms with E-state index in [0.29, 0.717) is 18.1 Å². The standard InChI is InChI=1S/C11H17N3O/c1-2-3-4-7-15-10-6-5-9(8-14-10)11(12)13/h5-6,8H,2-4,7H2,1H3,(H3,12,13). The Morgan fingerprint density at radius 2 is 2.27 bits per heavy atom. The Morgan fingerprint density at radius 1 is 1.47 bits per heavy atom. The number of amidine groups is 1. The van der Waals surface area contributed by atoms with Crippen molar-refractivity contribution in [1.82, 2.24) is 4.98 Å². The molecule has 1 rings (SSSR count). The van der Waals surface area contributed by atoms with Crippen LogP contribution in [-0.2, 0) is 0 Å². The second-order valence-corrected chi connectivity index (χ2v) is 3.35. The van der Waals surface area contributed by atoms with Crippen LogP contribution in [0.25, 0.3) is 0 Å². The molecule has 0 saturated carbocycles. The van der Waals surface area contributed by atoms with E-state index in [9.17, 15) is 0 Å². The van der Waals surface area contributed by atoms with Crippen LogP contribution in [0.1, 0.15) is 31.7 Å². The molecule has 0 unspecified atom stereocenters. The van der Waals surface area contributed by atoms with Gasteiger partial charge >= 0.3 is 0 Å². The second kappa shape index (κ2) is 6.01. The van der Waals surface area contributed by atoms with Crippen LogP contribution >= 0.6 is 0 Å². The SMILES string of the molecule is CCCCCOc1ccc(C(=N)N)cn1. The highest BCUT2D eigenvalue weighted by molar-refractivity contribution is 5.94. The molecule has 3 N–H and O–H groups in total. The maximum absolute atomic E-state index is 7.20. The summed E-state index contributed by atoms with van der Waals surface area (Å²) in [5.74, 6) is 0.621. The normalized spacial score (nSPS) is 9.93. The molecule has 0 saturated heterocycles. The number of nitrogens with two attached hydrogens (primary N) is 1. The summed E-state index contributed by atoms with van der Waals surface area (Å²) in [6, 6.07) is 3.48. The molecule has 15 heavy (non-hydrogen) atoms. The molecule has 0 atom stereocenters. The zero-order valence-corrected chi connectivity index (χ0v) is 8.99. The van der Waals surface area contributed by atoms with Crippen LogP contribution in [0.15, 0.2) is 18.3 Å². The fraction of sp³-hybridized carbons (Fsp3) is 0.455. The molecule has 1 aromatic heterocycles. The summed E-state index contributed by atoms with van der Waals surface area (Å²) in [5.41, 5.74) is 5.93. The Morgan fingerprint density at radius 3 is 2.80 bits per heavy atom. The summed E-state index contributed by atoms with van der Waals surface area (Å²) in [5, 5.41) is 7.20. The molecule has 1 aromatic rings. The van der Waals surface area contributed by atoms with E-state index in [1.807, 2.05) is 0 Å². The lowest BCUT2D eigenvalue weighted by atomic mass is 10.2. The molecule has 1 heterocycles. The van der Waals surface area contributed by atoms with Crippen LogP contribution < -0.4 is 10.5 Å². The lowest BCUT2D eigenvalue weighted by Crippen LogP contribution is -2.11. The first-order chi connectivity index (χ1) is 7.24. The molecular formula is C11H17N3O. The van der Waals surface area contributed by atoms with Gasteiger partial charge in [0.25, 0.3) is 0 Å². The zero-order chi connectivity index (χ0) is 11.1. The van der Waals surface area contributed by atoms with Gasteiger partial charge in [-0.1, -0.05) is 19.8 Å². The summed E-state index contributed by atoms with van der Waals surface area (Å²) in [7, 11) is 0. The third-order valence-corrected chi connectivity index (χ3v) is 2.05. The van der Waals surface area contributed by atoms with Gasteiger partial charge in [-0.05, 0) is 12.5 Å². The molecule has 0 aliphatic rings. The van der Waals surface area contributed by atoms with Gasteiger partial charge < -0.3 is 10.5 Å². The molecule has 0 radical (unpaired) electrons. The van der Waals surface area contributed by atoms with Gasteiger partial charge in [-0.2, -0.15) is 0 Å². The largest absolute Gasteiger partial charge is 0.478 e. The predicted molar refractivity (Wildman–Crippen MR) is 60.3 cm³/mol. The number of hydrogen-bond acceptors (Lipinski definition) is 3. The number of aromatic nitrogens is 1. The van der Waals surface area contributed by atoms with Gasteiger partial charge in [-0.3, -0.25) is 5.41 Å². The second-order valence-electron chi connectivity index (χ2n) is 3.35. The number of nitrogens with zero attached hydrogens (tertiary/aromatic N) is 1. The number of pyridine rings is 1. The van der Waals surface area contributed by atoms with Gasteiger partial charge in [0.15, 0.2) is 0 Å². The molecule has 0 fully saturated rings. The van der Waals surface area contributed by atoms with E-state index in [2.05, 4.69) is 11.9 Å². The fourth-order valence-electron chi connectivity index (χ4n) is 1.15. The van der Waals surface area contributed by atoms with Crippen molar-refractivity contribution < 1.29 is 4.74 Å². The number of hydrogen-bond donors (Lipinski definition) is 2. The van der Waals surface area contributed by atoms with Crippen molar-refractivity contribution in [2.45, 2.75) is 26.2 Å². The van der Waals surface area contributed by atoms with Crippen LogP contribution in [0.4, 0.5) is 0 Å². The van der Waals surface area contributed by atoms with Crippen molar-refractivity contribution in [2.24, 2.45) is 5.73 Å². The smallest absolute Gasteiger partial charge is 0.213 e. The summed E-state index contributed by atoms with van der Waals surface area (Å²) in [6.45, 7) is 2.85. The fourth-order valence-corrected chi connectivity index (χ4v) is 1.15. The number of nitrogens with one attached hydrogen (secondary N) is 1. The van der Waals surface area contributed by atoms with Gasteiger partial charge in [-0.15, -0.1) is 0 Å². The highest BCUT2D eigenvalue weighted by Crippen LogP contribution is 2.08. The topological polar surface area (TPSA) is 72.0 Å². The Kier molecular flexibility index (Phi) is 4.60. The average molecular weight is 207 g/mol. The molecule has 0 bridgehead atoms. The summed E-state index contributed by atoms with van der Waals surface area (Å²) >= 11 is 0. The highest BCUT2D eigenvalue weighted by atomic mass is 16.5. The van der Waals surface area contributed by atoms with Gasteiger partial charge in [0.2, 0.25) is 5.88 Å². The molecule has 4 nitrogen and oxygen atoms in total. The van der Waals surface area contributed by atoms with E-state index in [-0.39, 0.29) is 5.84 Å². The average Bonchev–Trinajstić information content (AvgIpc) is 2.25. The Bertz CT molecular complexity index is 308. The number of unbranched alkanes of at least 4 members (excludes halogenated alkanes) is 2. The monoisotopic (exact) mass is 207 g/mol. The summed E-state index contributed by atoms with van der Waals surface area (Å²) in [6.07, 6.45) is 4.95. The minimum absolute atomic E-state index is 0.0278. The Balaban J connectivity index is 2.39. The van der Waals surface area contributed by atoms with E-state index in [1.165, 1.54) is 12.8 Å². The van der Waals surface area contributed by atoms with Crippen LogP contribution in [0.3, 0.4) is 0 Å². The van der Waals surface area contributed by atoms with E-state index < -0.39 is 0 Å². The first-order valence-electron chi connectivity index (χ1n) is 5.17. The van der Waals surface area contributed by atoms with Gasteiger partial charge in [0.1, 0.15) is 5.84 Å². The van der Waals surface area contributed by atoms with Crippen molar-refractivity contribution >= 4 is 5.84 Å². The third-order valence-electron chi connectivity index (χ3n) is 2.05. The minimum atomic E-state index is 0.0278. The van der Waals surface area contributed by atoms with Crippen molar-refractivity contribution in [3.8, 4) is 5.88 Å². The Hall–Kier alpha value is -1.58. The van der Waals surface area contributed by atoms with E-state index >= 15 is 0 Å². The zero-order valence-electron chi connectivity index (χ0n) is 8.99. The maximum atomic E-state index is 7.20. The maximum Gasteiger partial charge on any atom is 0.213 e. The number of ether oxygens (including phenoxy) is 1. The summed E-state index contributed by atoms with van der Waals surface area (Å²) < 4.78 is 5.42. The molecule has 0 aromatic carbocycles. The van der Waals surface area contributed by atoms with Gasteiger partial charge in [0, 0.05) is 17.8 Å². The highest BCUT2D eigenvalue weighted by Gasteiger charge is 1.98. The predicted octanol–water partition coefficient (Wildman–Crippen LogP) is 1.93. The molecular weight excluding hydrogens is 190 g/mol. The molecule has 4 heteroatoms. The molecule has 82 valence electrons. The first-order valence-corrected chi connectivity index (χ1v) is 5.17. The van der Waals surface area contributed by atoms with Crippen LogP contribution in [0, 0.1) is 5.41 Å². The van der Waals surface area contributed by atoms with E-state index in [1.54, 1.807) is 18.3 Å². The van der Waals surface area contributed by atoms with Crippen molar-refractivity contribution in [3.63, 3.8) is 0 Å². The molecule has 0 amide bonds. The first kappa shape index (κ1) is 11.5. The Labute approximate surface area is 90.0 Å². The van der Waals surface area contributed by atoms with E-state index in [4.69, 9.17) is 15.9 Å². The molecule has 0 aliphatic heterocycles. The minimum Gasteiger partial charge on any atom is -0.478 e. The van der Waals surface area contributed by atoms with Crippen molar-refractivity contribution in [3.05, 3.63) is 23.9 Å². The third kappa shape index (κ3) is 3.97.